The van der Waals surface area contributed by atoms with E-state index in [9.17, 15) is 4.79 Å². The third-order valence-corrected chi connectivity index (χ3v) is 4.66. The van der Waals surface area contributed by atoms with Crippen molar-refractivity contribution in [1.82, 2.24) is 19.7 Å². The molecule has 3 rings (SSSR count). The molecule has 1 amide bonds. The normalized spacial score (nSPS) is 15.3. The number of anilines is 1. The van der Waals surface area contributed by atoms with Gasteiger partial charge in [0.2, 0.25) is 0 Å². The topological polar surface area (TPSA) is 83.3 Å². The summed E-state index contributed by atoms with van der Waals surface area (Å²) in [5.41, 5.74) is 0.615. The molecule has 134 valence electrons. The van der Waals surface area contributed by atoms with Crippen molar-refractivity contribution in [3.63, 3.8) is 0 Å². The Bertz CT molecular complexity index is 649. The largest absolute Gasteiger partial charge is 0.395 e. The number of carbonyl (C=O) groups is 1. The number of piperidine rings is 1. The molecule has 7 nitrogen and oxygen atoms in total. The highest BCUT2D eigenvalue weighted by atomic mass is 16.3. The Morgan fingerprint density at radius 3 is 2.80 bits per heavy atom. The highest BCUT2D eigenvalue weighted by Crippen LogP contribution is 2.22. The molecule has 1 saturated heterocycles. The number of nitrogens with one attached hydrogen (secondary N) is 1. The summed E-state index contributed by atoms with van der Waals surface area (Å²) in [6, 6.07) is 5.51. The first-order valence-electron chi connectivity index (χ1n) is 8.84. The van der Waals surface area contributed by atoms with Crippen LogP contribution in [0.3, 0.4) is 0 Å². The molecule has 2 N–H and O–H groups in total. The second kappa shape index (κ2) is 8.62. The van der Waals surface area contributed by atoms with Gasteiger partial charge in [-0.25, -0.2) is 4.98 Å². The van der Waals surface area contributed by atoms with Crippen LogP contribution in [-0.2, 0) is 6.54 Å². The maximum absolute atomic E-state index is 12.6. The van der Waals surface area contributed by atoms with Crippen molar-refractivity contribution in [2.75, 3.05) is 31.6 Å². The van der Waals surface area contributed by atoms with Crippen LogP contribution in [0.1, 0.15) is 29.6 Å². The van der Waals surface area contributed by atoms with Gasteiger partial charge >= 0.3 is 0 Å². The third kappa shape index (κ3) is 4.79. The van der Waals surface area contributed by atoms with Crippen molar-refractivity contribution < 1.29 is 9.90 Å². The maximum atomic E-state index is 12.6. The Morgan fingerprint density at radius 1 is 1.32 bits per heavy atom. The van der Waals surface area contributed by atoms with E-state index in [-0.39, 0.29) is 12.5 Å². The number of hydrogen-bond acceptors (Lipinski definition) is 5. The summed E-state index contributed by atoms with van der Waals surface area (Å²) < 4.78 is 1.97. The van der Waals surface area contributed by atoms with E-state index in [2.05, 4.69) is 15.4 Å². The molecule has 25 heavy (non-hydrogen) atoms. The minimum absolute atomic E-state index is 0.0479. The lowest BCUT2D eigenvalue weighted by Gasteiger charge is -2.32. The third-order valence-electron chi connectivity index (χ3n) is 4.66. The number of nitrogens with zero attached hydrogens (tertiary/aromatic N) is 4. The Balaban J connectivity index is 1.46. The Morgan fingerprint density at radius 2 is 2.16 bits per heavy atom. The van der Waals surface area contributed by atoms with E-state index >= 15 is 0 Å². The molecule has 1 aliphatic heterocycles. The number of aliphatic hydroxyl groups excluding tert-OH is 1. The van der Waals surface area contributed by atoms with Crippen LogP contribution in [0, 0.1) is 5.92 Å². The molecule has 0 spiro atoms. The average molecular weight is 343 g/mol. The van der Waals surface area contributed by atoms with Crippen LogP contribution in [0.2, 0.25) is 0 Å². The van der Waals surface area contributed by atoms with Crippen molar-refractivity contribution in [3.8, 4) is 0 Å². The number of carbonyl (C=O) groups excluding carboxylic acids is 1. The first kappa shape index (κ1) is 17.4. The zero-order valence-corrected chi connectivity index (χ0v) is 14.3. The molecule has 2 aromatic rings. The average Bonchev–Trinajstić information content (AvgIpc) is 3.19. The van der Waals surface area contributed by atoms with Gasteiger partial charge < -0.3 is 15.3 Å². The van der Waals surface area contributed by atoms with Crippen molar-refractivity contribution in [2.45, 2.75) is 25.8 Å². The zero-order valence-electron chi connectivity index (χ0n) is 14.3. The van der Waals surface area contributed by atoms with Gasteiger partial charge in [0.25, 0.3) is 5.91 Å². The Kier molecular flexibility index (Phi) is 6.00. The van der Waals surface area contributed by atoms with Gasteiger partial charge in [-0.1, -0.05) is 0 Å². The first-order chi connectivity index (χ1) is 12.3. The van der Waals surface area contributed by atoms with E-state index in [1.165, 1.54) is 0 Å². The zero-order chi connectivity index (χ0) is 17.5. The smallest absolute Gasteiger partial charge is 0.255 e. The number of pyridine rings is 1. The van der Waals surface area contributed by atoms with E-state index in [4.69, 9.17) is 5.11 Å². The number of aliphatic hydroxyl groups is 1. The molecule has 1 aliphatic rings. The molecule has 0 aliphatic carbocycles. The van der Waals surface area contributed by atoms with Gasteiger partial charge in [0, 0.05) is 44.8 Å². The molecule has 1 fully saturated rings. The summed E-state index contributed by atoms with van der Waals surface area (Å²) in [6.45, 7) is 3.04. The second-order valence-corrected chi connectivity index (χ2v) is 6.38. The number of aryl methyl sites for hydroxylation is 1. The molecule has 0 bridgehead atoms. The molecular weight excluding hydrogens is 318 g/mol. The van der Waals surface area contributed by atoms with Crippen LogP contribution < -0.4 is 5.32 Å². The van der Waals surface area contributed by atoms with Crippen molar-refractivity contribution >= 4 is 11.7 Å². The summed E-state index contributed by atoms with van der Waals surface area (Å²) in [5, 5.41) is 16.0. The predicted octanol–water partition coefficient (Wildman–Crippen LogP) is 1.62. The number of hydrogen-bond donors (Lipinski definition) is 2. The highest BCUT2D eigenvalue weighted by molar-refractivity contribution is 5.94. The van der Waals surface area contributed by atoms with Gasteiger partial charge in [-0.15, -0.1) is 0 Å². The quantitative estimate of drug-likeness (QED) is 0.798. The first-order valence-corrected chi connectivity index (χ1v) is 8.84. The van der Waals surface area contributed by atoms with E-state index in [1.54, 1.807) is 24.5 Å². The summed E-state index contributed by atoms with van der Waals surface area (Å²) in [6.07, 6.45) is 8.58. The van der Waals surface area contributed by atoms with Crippen LogP contribution in [-0.4, -0.2) is 56.9 Å². The van der Waals surface area contributed by atoms with Gasteiger partial charge in [-0.2, -0.15) is 5.10 Å². The van der Waals surface area contributed by atoms with Gasteiger partial charge in [-0.3, -0.25) is 9.48 Å². The number of amides is 1. The maximum Gasteiger partial charge on any atom is 0.255 e. The molecular formula is C18H25N5O2. The van der Waals surface area contributed by atoms with Gasteiger partial charge in [-0.05, 0) is 43.4 Å². The Labute approximate surface area is 147 Å². The molecule has 0 unspecified atom stereocenters. The van der Waals surface area contributed by atoms with E-state index < -0.39 is 0 Å². The molecule has 7 heteroatoms. The summed E-state index contributed by atoms with van der Waals surface area (Å²) in [7, 11) is 0. The van der Waals surface area contributed by atoms with Gasteiger partial charge in [0.15, 0.2) is 0 Å². The molecule has 0 radical (unpaired) electrons. The standard InChI is InChI=1S/C18H25N5O2/c24-13-8-19-17-3-2-16(14-20-17)18(25)22-10-4-15(5-11-22)6-12-23-9-1-7-21-23/h1-3,7,9,14-15,24H,4-6,8,10-13H2,(H,19,20). The minimum atomic E-state index is 0.0479. The lowest BCUT2D eigenvalue weighted by atomic mass is 9.93. The van der Waals surface area contributed by atoms with Crippen LogP contribution in [0.4, 0.5) is 5.82 Å². The minimum Gasteiger partial charge on any atom is -0.395 e. The van der Waals surface area contributed by atoms with Gasteiger partial charge in [0.1, 0.15) is 5.82 Å². The van der Waals surface area contributed by atoms with Crippen LogP contribution >= 0.6 is 0 Å². The molecule has 0 aromatic carbocycles. The second-order valence-electron chi connectivity index (χ2n) is 6.38. The monoisotopic (exact) mass is 343 g/mol. The van der Waals surface area contributed by atoms with Crippen LogP contribution in [0.5, 0.6) is 0 Å². The highest BCUT2D eigenvalue weighted by Gasteiger charge is 2.23. The molecule has 0 saturated carbocycles. The lowest BCUT2D eigenvalue weighted by molar-refractivity contribution is 0.0684. The molecule has 0 atom stereocenters. The Hall–Kier alpha value is -2.41. The number of likely N-dealkylation sites (tertiary alicyclic amines) is 1. The van der Waals surface area contributed by atoms with Gasteiger partial charge in [0.05, 0.1) is 12.2 Å². The fourth-order valence-corrected chi connectivity index (χ4v) is 3.16. The summed E-state index contributed by atoms with van der Waals surface area (Å²) in [4.78, 5) is 18.7. The van der Waals surface area contributed by atoms with E-state index in [0.29, 0.717) is 23.8 Å². The van der Waals surface area contributed by atoms with Crippen LogP contribution in [0.25, 0.3) is 0 Å². The SMILES string of the molecule is O=C(c1ccc(NCCO)nc1)N1CCC(CCn2cccn2)CC1. The van der Waals surface area contributed by atoms with E-state index in [0.717, 1.165) is 38.9 Å². The van der Waals surface area contributed by atoms with Crippen LogP contribution in [0.15, 0.2) is 36.8 Å². The van der Waals surface area contributed by atoms with E-state index in [1.807, 2.05) is 21.8 Å². The lowest BCUT2D eigenvalue weighted by Crippen LogP contribution is -2.38. The summed E-state index contributed by atoms with van der Waals surface area (Å²) in [5.74, 6) is 1.37. The summed E-state index contributed by atoms with van der Waals surface area (Å²) >= 11 is 0. The fraction of sp³-hybridized carbons (Fsp3) is 0.500. The number of aromatic nitrogens is 3. The van der Waals surface area contributed by atoms with Crippen molar-refractivity contribution in [1.29, 1.82) is 0 Å². The van der Waals surface area contributed by atoms with Crippen molar-refractivity contribution in [3.05, 3.63) is 42.4 Å². The predicted molar refractivity (Wildman–Crippen MR) is 95.3 cm³/mol. The van der Waals surface area contributed by atoms with Crippen molar-refractivity contribution in [2.24, 2.45) is 5.92 Å². The molecule has 2 aromatic heterocycles. The molecule has 3 heterocycles. The fourth-order valence-electron chi connectivity index (χ4n) is 3.16. The number of rotatable bonds is 7.